The minimum absolute atomic E-state index is 0.0702. The van der Waals surface area contributed by atoms with Crippen LogP contribution in [0.2, 0.25) is 0 Å². The maximum absolute atomic E-state index is 13.9. The molecule has 20 heteroatoms. The van der Waals surface area contributed by atoms with Crippen molar-refractivity contribution in [1.29, 1.82) is 0 Å². The van der Waals surface area contributed by atoms with Crippen molar-refractivity contribution in [2.45, 2.75) is 129 Å². The van der Waals surface area contributed by atoms with Crippen LogP contribution in [0.4, 0.5) is 40.7 Å². The average Bonchev–Trinajstić information content (AvgIpc) is 1.62. The molecule has 0 radical (unpaired) electrons. The lowest BCUT2D eigenvalue weighted by Crippen LogP contribution is -2.55. The molecule has 1 saturated heterocycles. The molecule has 1 aliphatic carbocycles. The summed E-state index contributed by atoms with van der Waals surface area (Å²) in [6, 6.07) is 25.3. The summed E-state index contributed by atoms with van der Waals surface area (Å²) in [5, 5.41) is 24.9. The number of aliphatic hydroxyl groups is 2. The summed E-state index contributed by atoms with van der Waals surface area (Å²) < 4.78 is 106. The van der Waals surface area contributed by atoms with Gasteiger partial charge in [-0.15, -0.1) is 0 Å². The number of ether oxygens (including phenoxy) is 4. The summed E-state index contributed by atoms with van der Waals surface area (Å²) in [6.45, 7) is 17.1. The van der Waals surface area contributed by atoms with Crippen LogP contribution in [0.1, 0.15) is 93.7 Å². The Labute approximate surface area is 499 Å². The van der Waals surface area contributed by atoms with Crippen LogP contribution in [0.15, 0.2) is 133 Å². The van der Waals surface area contributed by atoms with Gasteiger partial charge in [-0.3, -0.25) is 0 Å². The lowest BCUT2D eigenvalue weighted by atomic mass is 9.99. The molecule has 2 aliphatic heterocycles. The van der Waals surface area contributed by atoms with Crippen LogP contribution in [-0.2, 0) is 18.9 Å². The number of H-pyrrole nitrogens is 1. The number of benzene rings is 6. The van der Waals surface area contributed by atoms with Crippen LogP contribution in [0.5, 0.6) is 0 Å². The van der Waals surface area contributed by atoms with E-state index in [0.29, 0.717) is 56.4 Å². The minimum atomic E-state index is -1.20. The normalized spacial score (nSPS) is 18.9. The fraction of sp³-hybridized carbons (Fsp3) is 0.358. The Morgan fingerprint density at radius 3 is 1.33 bits per heavy atom. The monoisotopic (exact) mass is 1200 g/mol. The number of aromatic nitrogens is 3. The molecule has 0 bridgehead atoms. The van der Waals surface area contributed by atoms with Crippen molar-refractivity contribution in [3.8, 4) is 0 Å². The van der Waals surface area contributed by atoms with Gasteiger partial charge in [-0.25, -0.2) is 40.7 Å². The Morgan fingerprint density at radius 2 is 0.908 bits per heavy atom. The van der Waals surface area contributed by atoms with Crippen molar-refractivity contribution >= 4 is 83.8 Å². The van der Waals surface area contributed by atoms with E-state index < -0.39 is 58.9 Å². The molecule has 1 unspecified atom stereocenters. The second-order valence-corrected chi connectivity index (χ2v) is 24.8. The van der Waals surface area contributed by atoms with Crippen LogP contribution in [0.3, 0.4) is 0 Å². The topological polar surface area (TPSA) is 161 Å². The first-order valence-corrected chi connectivity index (χ1v) is 28.7. The van der Waals surface area contributed by atoms with Gasteiger partial charge in [0.1, 0.15) is 63.9 Å². The van der Waals surface area contributed by atoms with Gasteiger partial charge in [0.05, 0.1) is 24.7 Å². The largest absolute Gasteiger partial charge is 0.509 e. The summed E-state index contributed by atoms with van der Waals surface area (Å²) >= 11 is 0. The molecular formula is C67H71F6N5O9. The molecule has 1 fully saturated rings. The van der Waals surface area contributed by atoms with E-state index in [1.165, 1.54) is 77.7 Å². The molecule has 5 atom stereocenters. The van der Waals surface area contributed by atoms with Crippen molar-refractivity contribution in [2.24, 2.45) is 0 Å². The Hall–Kier alpha value is -8.49. The standard InChI is InChI=1S/C22H24F2N2O4.C22H22F2N2O2.C12H7F2N.C11H18O3/c1-22(2,3)30-21(29)25-10-18(20(28)19(27)11-25)26-16-6-4-12(23)8-14(16)15-9-13(24)5-7-17(15)26;1-22(2,3)28-21(27)25-10-4-5-16(13-25)26-19-8-6-14(23)11-17(19)18-12-15(24)7-9-20(18)26;13-7-1-3-11-9(5-7)10-6-8(14)2-4-12(10)15-11;1-11(2,3)14-10(12)13-9-7-5-4-6-8-9/h4-9,18-20,27-28H,10-11H2,1-3H3;4-9,11-12,16H,10,13H2,1-3H3;1-6,15H;5,7,9H,4,6,8H2,1-3H3/t18-,19-,20+;16-;;/m01../s1. The molecule has 460 valence electrons. The zero-order valence-electron chi connectivity index (χ0n) is 49.8. The van der Waals surface area contributed by atoms with Crippen molar-refractivity contribution < 1.29 is 69.9 Å². The number of amides is 2. The molecule has 9 aromatic rings. The number of carbonyl (C=O) groups excluding carboxylic acids is 3. The number of rotatable bonds is 3. The number of nitrogens with one attached hydrogen (secondary N) is 1. The number of piperidine rings is 1. The summed E-state index contributed by atoms with van der Waals surface area (Å²) in [7, 11) is 0. The second-order valence-electron chi connectivity index (χ2n) is 24.8. The maximum Gasteiger partial charge on any atom is 0.509 e. The zero-order chi connectivity index (χ0) is 62.9. The number of allylic oxidation sites excluding steroid dienone is 1. The maximum atomic E-state index is 13.9. The van der Waals surface area contributed by atoms with Crippen molar-refractivity contribution in [3.63, 3.8) is 0 Å². The Balaban J connectivity index is 0.000000146. The van der Waals surface area contributed by atoms with Gasteiger partial charge >= 0.3 is 18.3 Å². The first-order chi connectivity index (χ1) is 41.0. The highest BCUT2D eigenvalue weighted by atomic mass is 19.1. The van der Waals surface area contributed by atoms with Crippen LogP contribution in [0, 0.1) is 34.9 Å². The summed E-state index contributed by atoms with van der Waals surface area (Å²) in [5.41, 5.74) is 2.60. The molecule has 0 spiro atoms. The molecular weight excluding hydrogens is 1130 g/mol. The number of likely N-dealkylation sites (tertiary alicyclic amines) is 1. The van der Waals surface area contributed by atoms with Crippen LogP contribution >= 0.6 is 0 Å². The third-order valence-corrected chi connectivity index (χ3v) is 14.5. The van der Waals surface area contributed by atoms with Gasteiger partial charge in [-0.2, -0.15) is 0 Å². The Bertz CT molecular complexity index is 3900. The minimum Gasteiger partial charge on any atom is -0.444 e. The van der Waals surface area contributed by atoms with E-state index in [2.05, 4.69) is 4.98 Å². The number of fused-ring (bicyclic) bond motifs is 9. The molecule has 87 heavy (non-hydrogen) atoms. The third-order valence-electron chi connectivity index (χ3n) is 14.5. The van der Waals surface area contributed by atoms with Gasteiger partial charge in [-0.1, -0.05) is 18.2 Å². The van der Waals surface area contributed by atoms with Gasteiger partial charge in [-0.05, 0) is 197 Å². The highest BCUT2D eigenvalue weighted by Gasteiger charge is 2.40. The predicted molar refractivity (Wildman–Crippen MR) is 323 cm³/mol. The van der Waals surface area contributed by atoms with Gasteiger partial charge in [0.2, 0.25) is 0 Å². The number of aromatic amines is 1. The quantitative estimate of drug-likeness (QED) is 0.0677. The third kappa shape index (κ3) is 15.2. The molecule has 0 saturated carbocycles. The molecule has 3 aromatic heterocycles. The summed E-state index contributed by atoms with van der Waals surface area (Å²) in [6.07, 6.45) is 6.92. The fourth-order valence-electron chi connectivity index (χ4n) is 10.9. The predicted octanol–water partition coefficient (Wildman–Crippen LogP) is 15.7. The van der Waals surface area contributed by atoms with Crippen molar-refractivity contribution in [3.05, 3.63) is 168 Å². The van der Waals surface area contributed by atoms with E-state index in [4.69, 9.17) is 18.9 Å². The van der Waals surface area contributed by atoms with Crippen LogP contribution < -0.4 is 0 Å². The first-order valence-electron chi connectivity index (χ1n) is 28.7. The van der Waals surface area contributed by atoms with Gasteiger partial charge in [0.25, 0.3) is 0 Å². The lowest BCUT2D eigenvalue weighted by Gasteiger charge is -2.40. The van der Waals surface area contributed by atoms with E-state index >= 15 is 0 Å². The van der Waals surface area contributed by atoms with E-state index in [-0.39, 0.29) is 54.6 Å². The number of aliphatic hydroxyl groups excluding tert-OH is 2. The highest BCUT2D eigenvalue weighted by molar-refractivity contribution is 6.10. The smallest absolute Gasteiger partial charge is 0.444 e. The fourth-order valence-corrected chi connectivity index (χ4v) is 10.9. The number of carbonyl (C=O) groups is 3. The molecule has 5 heterocycles. The number of nitrogens with zero attached hydrogens (tertiary/aromatic N) is 4. The number of hydrogen-bond donors (Lipinski definition) is 3. The first kappa shape index (κ1) is 63.0. The van der Waals surface area contributed by atoms with E-state index in [9.17, 15) is 50.9 Å². The average molecular weight is 1200 g/mol. The molecule has 3 aliphatic rings. The molecule has 12 rings (SSSR count). The van der Waals surface area contributed by atoms with Crippen LogP contribution in [0.25, 0.3) is 65.4 Å². The summed E-state index contributed by atoms with van der Waals surface area (Å²) in [4.78, 5) is 42.4. The van der Waals surface area contributed by atoms with Crippen molar-refractivity contribution in [1.82, 2.24) is 23.9 Å². The van der Waals surface area contributed by atoms with E-state index in [0.717, 1.165) is 41.3 Å². The highest BCUT2D eigenvalue weighted by Crippen LogP contribution is 2.38. The van der Waals surface area contributed by atoms with Crippen molar-refractivity contribution in [2.75, 3.05) is 26.2 Å². The van der Waals surface area contributed by atoms with E-state index in [1.54, 1.807) is 66.6 Å². The van der Waals surface area contributed by atoms with Gasteiger partial charge < -0.3 is 53.1 Å². The Kier molecular flexibility index (Phi) is 18.4. The van der Waals surface area contributed by atoms with E-state index in [1.807, 2.05) is 70.4 Å². The SMILES string of the molecule is CC(C)(C)OC(=O)N1CC=C[C@@H](n2c3ccc(F)cc3c3cc(F)ccc32)C1.CC(C)(C)OC(=O)N1C[C@H](O)[C@H](O)[C@@H](n2c3ccc(F)cc3c3cc(F)ccc32)C1.CC(C)(C)OC(=O)OC1C=CCCC1.Fc1ccc2[nH]c3ccc(F)cc3c2c1. The Morgan fingerprint density at radius 1 is 0.494 bits per heavy atom. The molecule has 2 amide bonds. The zero-order valence-corrected chi connectivity index (χ0v) is 49.8. The lowest BCUT2D eigenvalue weighted by molar-refractivity contribution is -0.0704. The summed E-state index contributed by atoms with van der Waals surface area (Å²) in [5.74, 6) is -2.30. The second kappa shape index (κ2) is 25.5. The molecule has 6 aromatic carbocycles. The molecule has 14 nitrogen and oxygen atoms in total. The van der Waals surface area contributed by atoms with Crippen LogP contribution in [-0.4, -0.2) is 114 Å². The number of β-amino-alcohol motifs (C(OH)–C–C–N with tert-alkyl or cyclic N) is 1. The molecule has 3 N–H and O–H groups in total. The number of halogens is 6. The van der Waals surface area contributed by atoms with Gasteiger partial charge in [0, 0.05) is 85.1 Å². The number of hydrogen-bond acceptors (Lipinski definition) is 9. The van der Waals surface area contributed by atoms with Gasteiger partial charge in [0.15, 0.2) is 0 Å².